The van der Waals surface area contributed by atoms with Gasteiger partial charge in [0.05, 0.1) is 19.3 Å². The molecule has 0 amide bonds. The van der Waals surface area contributed by atoms with E-state index in [2.05, 4.69) is 24.5 Å². The lowest BCUT2D eigenvalue weighted by molar-refractivity contribution is 0.0169. The predicted molar refractivity (Wildman–Crippen MR) is 106 cm³/mol. The maximum absolute atomic E-state index is 9.37. The number of hydrogen-bond acceptors (Lipinski definition) is 4. The van der Waals surface area contributed by atoms with Crippen molar-refractivity contribution < 1.29 is 14.6 Å². The third kappa shape index (κ3) is 6.71. The second-order valence-electron chi connectivity index (χ2n) is 7.73. The average Bonchev–Trinajstić information content (AvgIpc) is 3.32. The molecule has 152 valence electrons. The monoisotopic (exact) mass is 369 g/mol. The molecule has 0 aromatic heterocycles. The van der Waals surface area contributed by atoms with Gasteiger partial charge in [0.25, 0.3) is 0 Å². The molecule has 1 aliphatic heterocycles. The molecule has 2 rings (SSSR count). The maximum atomic E-state index is 9.37. The summed E-state index contributed by atoms with van der Waals surface area (Å²) in [6.07, 6.45) is 8.43. The van der Waals surface area contributed by atoms with Crippen molar-refractivity contribution in [2.24, 2.45) is 16.3 Å². The molecule has 0 aromatic rings. The largest absolute Gasteiger partial charge is 0.396 e. The highest BCUT2D eigenvalue weighted by Crippen LogP contribution is 2.32. The summed E-state index contributed by atoms with van der Waals surface area (Å²) in [4.78, 5) is 4.79. The molecular formula is C20H39N3O3. The number of aliphatic hydroxyl groups is 1. The summed E-state index contributed by atoms with van der Waals surface area (Å²) < 4.78 is 11.6. The van der Waals surface area contributed by atoms with E-state index in [1.807, 2.05) is 0 Å². The van der Waals surface area contributed by atoms with Gasteiger partial charge in [-0.1, -0.05) is 12.8 Å². The normalized spacial score (nSPS) is 25.6. The highest BCUT2D eigenvalue weighted by atomic mass is 16.5. The molecule has 2 unspecified atom stereocenters. The third-order valence-corrected chi connectivity index (χ3v) is 5.77. The van der Waals surface area contributed by atoms with E-state index in [1.54, 1.807) is 0 Å². The lowest BCUT2D eigenvalue weighted by Gasteiger charge is -2.26. The van der Waals surface area contributed by atoms with Crippen LogP contribution < -0.4 is 10.6 Å². The summed E-state index contributed by atoms with van der Waals surface area (Å²) in [6.45, 7) is 9.04. The van der Waals surface area contributed by atoms with Crippen molar-refractivity contribution in [1.29, 1.82) is 0 Å². The summed E-state index contributed by atoms with van der Waals surface area (Å²) in [5, 5.41) is 16.2. The molecule has 2 atom stereocenters. The smallest absolute Gasteiger partial charge is 0.191 e. The van der Waals surface area contributed by atoms with Gasteiger partial charge in [-0.25, -0.2) is 0 Å². The number of aliphatic hydroxyl groups excluding tert-OH is 1. The molecular weight excluding hydrogens is 330 g/mol. The fourth-order valence-corrected chi connectivity index (χ4v) is 4.21. The van der Waals surface area contributed by atoms with Crippen LogP contribution in [0, 0.1) is 11.3 Å². The van der Waals surface area contributed by atoms with Gasteiger partial charge < -0.3 is 25.2 Å². The van der Waals surface area contributed by atoms with Crippen LogP contribution in [0.4, 0.5) is 0 Å². The van der Waals surface area contributed by atoms with E-state index < -0.39 is 0 Å². The number of rotatable bonds is 11. The third-order valence-electron chi connectivity index (χ3n) is 5.77. The highest BCUT2D eigenvalue weighted by molar-refractivity contribution is 5.79. The molecule has 6 nitrogen and oxygen atoms in total. The van der Waals surface area contributed by atoms with Gasteiger partial charge in [0.15, 0.2) is 5.96 Å². The van der Waals surface area contributed by atoms with Gasteiger partial charge in [-0.2, -0.15) is 0 Å². The Labute approximate surface area is 159 Å². The molecule has 2 fully saturated rings. The fraction of sp³-hybridized carbons (Fsp3) is 0.950. The van der Waals surface area contributed by atoms with E-state index in [0.29, 0.717) is 19.3 Å². The summed E-state index contributed by atoms with van der Waals surface area (Å²) >= 11 is 0. The Kier molecular flexibility index (Phi) is 9.72. The molecule has 1 heterocycles. The van der Waals surface area contributed by atoms with Crippen LogP contribution in [0.1, 0.15) is 58.8 Å². The molecule has 2 aliphatic rings. The van der Waals surface area contributed by atoms with Crippen LogP contribution in [0.3, 0.4) is 0 Å². The molecule has 1 saturated heterocycles. The van der Waals surface area contributed by atoms with Gasteiger partial charge >= 0.3 is 0 Å². The van der Waals surface area contributed by atoms with E-state index in [1.165, 1.54) is 25.7 Å². The predicted octanol–water partition coefficient (Wildman–Crippen LogP) is 2.32. The Bertz CT molecular complexity index is 405. The zero-order chi connectivity index (χ0) is 18.7. The van der Waals surface area contributed by atoms with Crippen LogP contribution in [-0.4, -0.2) is 63.2 Å². The zero-order valence-corrected chi connectivity index (χ0v) is 16.8. The van der Waals surface area contributed by atoms with Crippen LogP contribution >= 0.6 is 0 Å². The Morgan fingerprint density at radius 3 is 2.73 bits per heavy atom. The van der Waals surface area contributed by atoms with Crippen molar-refractivity contribution >= 4 is 5.96 Å². The molecule has 1 saturated carbocycles. The van der Waals surface area contributed by atoms with Crippen molar-refractivity contribution in [3.63, 3.8) is 0 Å². The molecule has 6 heteroatoms. The quantitative estimate of drug-likeness (QED) is 0.385. The Morgan fingerprint density at radius 1 is 1.31 bits per heavy atom. The van der Waals surface area contributed by atoms with E-state index in [-0.39, 0.29) is 12.0 Å². The van der Waals surface area contributed by atoms with E-state index in [0.717, 1.165) is 57.4 Å². The van der Waals surface area contributed by atoms with Crippen molar-refractivity contribution in [2.75, 3.05) is 46.1 Å². The van der Waals surface area contributed by atoms with Crippen LogP contribution in [0.2, 0.25) is 0 Å². The first-order chi connectivity index (χ1) is 12.7. The molecule has 3 N–H and O–H groups in total. The minimum atomic E-state index is -0.00515. The van der Waals surface area contributed by atoms with Crippen molar-refractivity contribution in [3.8, 4) is 0 Å². The zero-order valence-electron chi connectivity index (χ0n) is 16.8. The van der Waals surface area contributed by atoms with Crippen molar-refractivity contribution in [1.82, 2.24) is 10.6 Å². The topological polar surface area (TPSA) is 75.1 Å². The summed E-state index contributed by atoms with van der Waals surface area (Å²) in [5.74, 6) is 1.58. The van der Waals surface area contributed by atoms with E-state index >= 15 is 0 Å². The van der Waals surface area contributed by atoms with Crippen LogP contribution in [0.15, 0.2) is 4.99 Å². The van der Waals surface area contributed by atoms with Gasteiger partial charge in [-0.15, -0.1) is 0 Å². The second kappa shape index (κ2) is 11.8. The minimum Gasteiger partial charge on any atom is -0.396 e. The van der Waals surface area contributed by atoms with E-state index in [4.69, 9.17) is 14.5 Å². The first kappa shape index (κ1) is 21.5. The first-order valence-corrected chi connectivity index (χ1v) is 10.6. The number of guanidine groups is 1. The van der Waals surface area contributed by atoms with E-state index in [9.17, 15) is 5.11 Å². The number of nitrogens with one attached hydrogen (secondary N) is 2. The molecule has 1 aliphatic carbocycles. The summed E-state index contributed by atoms with van der Waals surface area (Å²) in [7, 11) is 0. The van der Waals surface area contributed by atoms with Gasteiger partial charge in [-0.3, -0.25) is 4.99 Å². The fourth-order valence-electron chi connectivity index (χ4n) is 4.21. The van der Waals surface area contributed by atoms with Gasteiger partial charge in [0.2, 0.25) is 0 Å². The van der Waals surface area contributed by atoms with Gasteiger partial charge in [-0.05, 0) is 51.9 Å². The standard InChI is InChI=1S/C20H39N3O3/c1-3-21-19(23-15-20(10-13-24)11-14-25-16-20)22-12-9-18(26-4-2)17-7-5-6-8-17/h17-18,24H,3-16H2,1-2H3,(H2,21,22,23). The number of nitrogens with zero attached hydrogens (tertiary/aromatic N) is 1. The number of ether oxygens (including phenoxy) is 2. The Morgan fingerprint density at radius 2 is 2.12 bits per heavy atom. The number of hydrogen-bond donors (Lipinski definition) is 3. The van der Waals surface area contributed by atoms with Gasteiger partial charge in [0, 0.05) is 38.3 Å². The molecule has 26 heavy (non-hydrogen) atoms. The molecule has 0 bridgehead atoms. The van der Waals surface area contributed by atoms with Crippen LogP contribution in [-0.2, 0) is 9.47 Å². The molecule has 0 aromatic carbocycles. The maximum Gasteiger partial charge on any atom is 0.191 e. The minimum absolute atomic E-state index is 0.00515. The van der Waals surface area contributed by atoms with Crippen molar-refractivity contribution in [2.45, 2.75) is 64.9 Å². The summed E-state index contributed by atoms with van der Waals surface area (Å²) in [5.41, 5.74) is -0.00515. The molecule has 0 spiro atoms. The van der Waals surface area contributed by atoms with Gasteiger partial charge in [0.1, 0.15) is 0 Å². The van der Waals surface area contributed by atoms with Crippen LogP contribution in [0.25, 0.3) is 0 Å². The average molecular weight is 370 g/mol. The first-order valence-electron chi connectivity index (χ1n) is 10.6. The second-order valence-corrected chi connectivity index (χ2v) is 7.73. The Hall–Kier alpha value is -0.850. The van der Waals surface area contributed by atoms with Crippen LogP contribution in [0.5, 0.6) is 0 Å². The lowest BCUT2D eigenvalue weighted by Crippen LogP contribution is -2.40. The highest BCUT2D eigenvalue weighted by Gasteiger charge is 2.34. The Balaban J connectivity index is 1.83. The SMILES string of the molecule is CCNC(=NCC1(CCO)CCOC1)NCCC(OCC)C1CCCC1. The molecule has 0 radical (unpaired) electrons. The van der Waals surface area contributed by atoms with Crippen molar-refractivity contribution in [3.05, 3.63) is 0 Å². The lowest BCUT2D eigenvalue weighted by atomic mass is 9.84. The number of aliphatic imine (C=N–C) groups is 1. The summed E-state index contributed by atoms with van der Waals surface area (Å²) in [6, 6.07) is 0.